The highest BCUT2D eigenvalue weighted by Gasteiger charge is 2.35. The Morgan fingerprint density at radius 2 is 1.82 bits per heavy atom. The molecule has 33 heavy (non-hydrogen) atoms. The van der Waals surface area contributed by atoms with E-state index in [1.165, 1.54) is 19.2 Å². The van der Waals surface area contributed by atoms with Crippen molar-refractivity contribution in [3.63, 3.8) is 0 Å². The second-order valence-corrected chi connectivity index (χ2v) is 8.07. The molecule has 4 rings (SSSR count). The number of halogens is 3. The largest absolute Gasteiger partial charge is 0.497 e. The summed E-state index contributed by atoms with van der Waals surface area (Å²) in [5.74, 6) is -0.0259. The van der Waals surface area contributed by atoms with E-state index in [9.17, 15) is 22.8 Å². The Hall–Kier alpha value is -3.55. The van der Waals surface area contributed by atoms with Gasteiger partial charge in [-0.05, 0) is 48.1 Å². The second kappa shape index (κ2) is 9.13. The van der Waals surface area contributed by atoms with Crippen LogP contribution in [0.1, 0.15) is 53.1 Å². The molecule has 1 atom stereocenters. The van der Waals surface area contributed by atoms with Crippen molar-refractivity contribution in [3.05, 3.63) is 103 Å². The van der Waals surface area contributed by atoms with Crippen LogP contribution in [-0.2, 0) is 12.6 Å². The number of hydrogen-bond acceptors (Lipinski definition) is 3. The van der Waals surface area contributed by atoms with Gasteiger partial charge in [-0.25, -0.2) is 4.79 Å². The standard InChI is InChI=1S/C25H23F3N2O3/c1-33-18-11-12-19(21(14-18)25(26,27)28)16-7-9-17(10-8-16)22-20(23(31)30-24(32)29-22)13-15-5-3-2-4-6-15/h2-7,11-12,14,17H,8-10,13H2,1H3,(H2,29,30,31,32). The molecule has 3 aromatic rings. The van der Waals surface area contributed by atoms with E-state index in [-0.39, 0.29) is 17.2 Å². The quantitative estimate of drug-likeness (QED) is 0.565. The summed E-state index contributed by atoms with van der Waals surface area (Å²) in [7, 11) is 1.33. The summed E-state index contributed by atoms with van der Waals surface area (Å²) in [5, 5.41) is 0. The van der Waals surface area contributed by atoms with Crippen LogP contribution in [0.4, 0.5) is 13.2 Å². The maximum Gasteiger partial charge on any atom is 0.417 e. The highest BCUT2D eigenvalue weighted by Crippen LogP contribution is 2.42. The van der Waals surface area contributed by atoms with Gasteiger partial charge in [0.2, 0.25) is 0 Å². The highest BCUT2D eigenvalue weighted by molar-refractivity contribution is 5.70. The van der Waals surface area contributed by atoms with Crippen molar-refractivity contribution in [2.45, 2.75) is 37.8 Å². The zero-order valence-corrected chi connectivity index (χ0v) is 18.0. The predicted molar refractivity (Wildman–Crippen MR) is 119 cm³/mol. The molecule has 1 aliphatic carbocycles. The van der Waals surface area contributed by atoms with Gasteiger partial charge < -0.3 is 9.72 Å². The van der Waals surface area contributed by atoms with Crippen molar-refractivity contribution < 1.29 is 17.9 Å². The van der Waals surface area contributed by atoms with Crippen molar-refractivity contribution in [2.75, 3.05) is 7.11 Å². The molecule has 2 N–H and O–H groups in total. The number of rotatable bonds is 5. The summed E-state index contributed by atoms with van der Waals surface area (Å²) in [4.78, 5) is 29.6. The van der Waals surface area contributed by atoms with E-state index in [4.69, 9.17) is 4.74 Å². The monoisotopic (exact) mass is 456 g/mol. The zero-order valence-electron chi connectivity index (χ0n) is 18.0. The molecule has 1 heterocycles. The molecule has 172 valence electrons. The Kier molecular flexibility index (Phi) is 6.26. The Balaban J connectivity index is 1.67. The van der Waals surface area contributed by atoms with Gasteiger partial charge in [-0.1, -0.05) is 42.5 Å². The second-order valence-electron chi connectivity index (χ2n) is 8.07. The molecule has 1 aliphatic rings. The third-order valence-electron chi connectivity index (χ3n) is 6.00. The van der Waals surface area contributed by atoms with Crippen LogP contribution in [0.25, 0.3) is 5.57 Å². The minimum Gasteiger partial charge on any atom is -0.497 e. The normalized spacial score (nSPS) is 16.4. The number of aromatic nitrogens is 2. The number of nitrogens with one attached hydrogen (secondary N) is 2. The lowest BCUT2D eigenvalue weighted by molar-refractivity contribution is -0.137. The molecule has 0 aliphatic heterocycles. The number of benzene rings is 2. The Labute approximate surface area is 188 Å². The van der Waals surface area contributed by atoms with Gasteiger partial charge in [-0.15, -0.1) is 0 Å². The van der Waals surface area contributed by atoms with Gasteiger partial charge in [0.15, 0.2) is 0 Å². The third kappa shape index (κ3) is 4.94. The van der Waals surface area contributed by atoms with Crippen LogP contribution in [0.2, 0.25) is 0 Å². The average Bonchev–Trinajstić information content (AvgIpc) is 2.80. The Morgan fingerprint density at radius 3 is 2.45 bits per heavy atom. The number of ether oxygens (including phenoxy) is 1. The topological polar surface area (TPSA) is 75.0 Å². The van der Waals surface area contributed by atoms with Crippen molar-refractivity contribution in [1.82, 2.24) is 9.97 Å². The Bertz CT molecular complexity index is 1290. The van der Waals surface area contributed by atoms with Crippen molar-refractivity contribution >= 4 is 5.57 Å². The molecular weight excluding hydrogens is 433 g/mol. The summed E-state index contributed by atoms with van der Waals surface area (Å²) in [5.41, 5.74) is 0.913. The lowest BCUT2D eigenvalue weighted by Gasteiger charge is -2.25. The number of alkyl halides is 3. The minimum absolute atomic E-state index is 0.130. The number of methoxy groups -OCH3 is 1. The van der Waals surface area contributed by atoms with E-state index in [1.54, 1.807) is 6.08 Å². The number of hydrogen-bond donors (Lipinski definition) is 2. The van der Waals surface area contributed by atoms with Gasteiger partial charge in [0.05, 0.1) is 12.7 Å². The smallest absolute Gasteiger partial charge is 0.417 e. The molecule has 5 nitrogen and oxygen atoms in total. The van der Waals surface area contributed by atoms with Crippen LogP contribution in [0.3, 0.4) is 0 Å². The SMILES string of the molecule is COc1ccc(C2=CCC(c3[nH]c(=O)[nH]c(=O)c3Cc3ccccc3)CC2)c(C(F)(F)F)c1. The van der Waals surface area contributed by atoms with Crippen LogP contribution < -0.4 is 16.0 Å². The third-order valence-corrected chi connectivity index (χ3v) is 6.00. The van der Waals surface area contributed by atoms with Crippen molar-refractivity contribution in [2.24, 2.45) is 0 Å². The number of allylic oxidation sites excluding steroid dienone is 2. The summed E-state index contributed by atoms with van der Waals surface area (Å²) in [6, 6.07) is 13.4. The molecule has 0 bridgehead atoms. The van der Waals surface area contributed by atoms with Gasteiger partial charge in [-0.2, -0.15) is 13.2 Å². The lowest BCUT2D eigenvalue weighted by Crippen LogP contribution is -2.30. The van der Waals surface area contributed by atoms with E-state index >= 15 is 0 Å². The summed E-state index contributed by atoms with van der Waals surface area (Å²) < 4.78 is 45.9. The Morgan fingerprint density at radius 1 is 1.06 bits per heavy atom. The van der Waals surface area contributed by atoms with Crippen LogP contribution in [0.15, 0.2) is 64.2 Å². The molecule has 8 heteroatoms. The lowest BCUT2D eigenvalue weighted by atomic mass is 9.82. The van der Waals surface area contributed by atoms with Gasteiger partial charge in [0, 0.05) is 23.6 Å². The highest BCUT2D eigenvalue weighted by atomic mass is 19.4. The summed E-state index contributed by atoms with van der Waals surface area (Å²) in [6.45, 7) is 0. The molecule has 0 saturated carbocycles. The predicted octanol–water partition coefficient (Wildman–Crippen LogP) is 5.03. The van der Waals surface area contributed by atoms with Crippen LogP contribution in [0, 0.1) is 0 Å². The molecule has 1 unspecified atom stereocenters. The average molecular weight is 456 g/mol. The van der Waals surface area contributed by atoms with Gasteiger partial charge in [0.1, 0.15) is 5.75 Å². The first-order valence-electron chi connectivity index (χ1n) is 10.6. The first-order valence-corrected chi connectivity index (χ1v) is 10.6. The fraction of sp³-hybridized carbons (Fsp3) is 0.280. The molecule has 0 spiro atoms. The maximum absolute atomic E-state index is 13.6. The molecule has 1 aromatic heterocycles. The van der Waals surface area contributed by atoms with Crippen molar-refractivity contribution in [3.8, 4) is 5.75 Å². The molecular formula is C25H23F3N2O3. The van der Waals surface area contributed by atoms with Gasteiger partial charge in [-0.3, -0.25) is 9.78 Å². The first-order chi connectivity index (χ1) is 15.8. The van der Waals surface area contributed by atoms with E-state index < -0.39 is 23.0 Å². The molecule has 0 amide bonds. The first kappa shape index (κ1) is 22.6. The van der Waals surface area contributed by atoms with Crippen LogP contribution in [-0.4, -0.2) is 17.1 Å². The fourth-order valence-electron chi connectivity index (χ4n) is 4.36. The van der Waals surface area contributed by atoms with Crippen LogP contribution >= 0.6 is 0 Å². The molecule has 0 radical (unpaired) electrons. The van der Waals surface area contributed by atoms with Crippen LogP contribution in [0.5, 0.6) is 5.75 Å². The fourth-order valence-corrected chi connectivity index (χ4v) is 4.36. The molecule has 2 aromatic carbocycles. The van der Waals surface area contributed by atoms with Crippen molar-refractivity contribution in [1.29, 1.82) is 0 Å². The van der Waals surface area contributed by atoms with E-state index in [2.05, 4.69) is 9.97 Å². The zero-order chi connectivity index (χ0) is 23.6. The summed E-state index contributed by atoms with van der Waals surface area (Å²) >= 11 is 0. The maximum atomic E-state index is 13.6. The van der Waals surface area contributed by atoms with E-state index in [0.717, 1.165) is 11.6 Å². The summed E-state index contributed by atoms with van der Waals surface area (Å²) in [6.07, 6.45) is -1.07. The van der Waals surface area contributed by atoms with E-state index in [1.807, 2.05) is 30.3 Å². The minimum atomic E-state index is -4.51. The molecule has 0 saturated heterocycles. The van der Waals surface area contributed by atoms with Gasteiger partial charge >= 0.3 is 11.9 Å². The van der Waals surface area contributed by atoms with E-state index in [0.29, 0.717) is 42.5 Å². The molecule has 0 fully saturated rings. The number of aromatic amines is 2. The van der Waals surface area contributed by atoms with Gasteiger partial charge in [0.25, 0.3) is 5.56 Å². The number of H-pyrrole nitrogens is 2.